The number of nitrogens with one attached hydrogen (secondary N) is 1. The minimum atomic E-state index is -0.981. The summed E-state index contributed by atoms with van der Waals surface area (Å²) in [5.41, 5.74) is 0. The van der Waals surface area contributed by atoms with Gasteiger partial charge in [-0.15, -0.1) is 0 Å². The lowest BCUT2D eigenvalue weighted by Crippen LogP contribution is -1.82. The van der Waals surface area contributed by atoms with E-state index in [1.807, 2.05) is 6.20 Å². The molecule has 0 aliphatic rings. The van der Waals surface area contributed by atoms with Crippen LogP contribution in [0.5, 0.6) is 0 Å². The number of nitrogens with zero attached hydrogens (tertiary/aromatic N) is 1. The van der Waals surface area contributed by atoms with Gasteiger partial charge in [-0.2, -0.15) is 0 Å². The highest BCUT2D eigenvalue weighted by Crippen LogP contribution is 1.85. The number of carboxylic acids is 1. The van der Waals surface area contributed by atoms with E-state index in [0.717, 1.165) is 18.3 Å². The maximum atomic E-state index is 9.25. The summed E-state index contributed by atoms with van der Waals surface area (Å²) in [4.78, 5) is 16.2. The second-order valence-corrected chi connectivity index (χ2v) is 1.93. The van der Waals surface area contributed by atoms with Crippen LogP contribution >= 0.6 is 0 Å². The Morgan fingerprint density at radius 2 is 2.50 bits per heavy atom. The molecule has 0 aliphatic carbocycles. The summed E-state index contributed by atoms with van der Waals surface area (Å²) in [6.07, 6.45) is 5.42. The first kappa shape index (κ1) is 10.4. The van der Waals surface area contributed by atoms with Gasteiger partial charge in [-0.3, -0.25) is 0 Å². The van der Waals surface area contributed by atoms with E-state index < -0.39 is 5.97 Å². The fourth-order valence-corrected chi connectivity index (χ4v) is 0.491. The molecule has 0 amide bonds. The maximum Gasteiger partial charge on any atom is 0.327 e. The van der Waals surface area contributed by atoms with E-state index in [9.17, 15) is 4.79 Å². The molecule has 4 nitrogen and oxygen atoms in total. The number of carbonyl (C=O) groups is 1. The van der Waals surface area contributed by atoms with Gasteiger partial charge in [-0.05, 0) is 0 Å². The van der Waals surface area contributed by atoms with Gasteiger partial charge in [0.1, 0.15) is 5.82 Å². The summed E-state index contributed by atoms with van der Waals surface area (Å²) in [6.45, 7) is 5.03. The van der Waals surface area contributed by atoms with Crippen molar-refractivity contribution >= 4 is 5.97 Å². The Kier molecular flexibility index (Phi) is 5.34. The Hall–Kier alpha value is -1.58. The number of carboxylic acid groups (broad SMARTS) is 1. The van der Waals surface area contributed by atoms with Crippen LogP contribution in [0.2, 0.25) is 0 Å². The Bertz CT molecular complexity index is 229. The SMILES string of the molecule is C=CC(=O)O.CCc1ncc[nH]1. The summed E-state index contributed by atoms with van der Waals surface area (Å²) in [6, 6.07) is 0. The normalized spacial score (nSPS) is 8.08. The molecule has 0 atom stereocenters. The van der Waals surface area contributed by atoms with Gasteiger partial charge in [-0.1, -0.05) is 13.5 Å². The number of H-pyrrole nitrogens is 1. The van der Waals surface area contributed by atoms with Crippen LogP contribution in [0, 0.1) is 0 Å². The maximum absolute atomic E-state index is 9.25. The van der Waals surface area contributed by atoms with Crippen LogP contribution in [-0.4, -0.2) is 21.0 Å². The monoisotopic (exact) mass is 168 g/mol. The van der Waals surface area contributed by atoms with Gasteiger partial charge < -0.3 is 10.1 Å². The van der Waals surface area contributed by atoms with Crippen molar-refractivity contribution in [1.82, 2.24) is 9.97 Å². The molecule has 0 bridgehead atoms. The van der Waals surface area contributed by atoms with E-state index in [1.165, 1.54) is 0 Å². The molecule has 2 N–H and O–H groups in total. The lowest BCUT2D eigenvalue weighted by atomic mass is 10.5. The highest BCUT2D eigenvalue weighted by atomic mass is 16.4. The van der Waals surface area contributed by atoms with Crippen LogP contribution in [0.4, 0.5) is 0 Å². The fourth-order valence-electron chi connectivity index (χ4n) is 0.491. The first-order chi connectivity index (χ1) is 5.70. The van der Waals surface area contributed by atoms with Crippen LogP contribution in [0.1, 0.15) is 12.7 Å². The van der Waals surface area contributed by atoms with E-state index in [-0.39, 0.29) is 0 Å². The molecule has 4 heteroatoms. The molecule has 1 heterocycles. The highest BCUT2D eigenvalue weighted by Gasteiger charge is 1.82. The van der Waals surface area contributed by atoms with Gasteiger partial charge in [0.15, 0.2) is 0 Å². The molecule has 0 aromatic carbocycles. The zero-order chi connectivity index (χ0) is 9.40. The number of hydrogen-bond acceptors (Lipinski definition) is 2. The Labute approximate surface area is 71.0 Å². The predicted octanol–water partition coefficient (Wildman–Crippen LogP) is 1.23. The summed E-state index contributed by atoms with van der Waals surface area (Å²) in [5.74, 6) is 0.0741. The van der Waals surface area contributed by atoms with E-state index in [4.69, 9.17) is 5.11 Å². The largest absolute Gasteiger partial charge is 0.478 e. The molecular weight excluding hydrogens is 156 g/mol. The van der Waals surface area contributed by atoms with Gasteiger partial charge in [0, 0.05) is 24.9 Å². The molecular formula is C8H12N2O2. The van der Waals surface area contributed by atoms with Gasteiger partial charge in [0.25, 0.3) is 0 Å². The molecule has 0 unspecified atom stereocenters. The summed E-state index contributed by atoms with van der Waals surface area (Å²) in [7, 11) is 0. The van der Waals surface area contributed by atoms with Crippen LogP contribution < -0.4 is 0 Å². The van der Waals surface area contributed by atoms with Crippen molar-refractivity contribution in [1.29, 1.82) is 0 Å². The number of imidazole rings is 1. The second-order valence-electron chi connectivity index (χ2n) is 1.93. The van der Waals surface area contributed by atoms with Gasteiger partial charge in [-0.25, -0.2) is 9.78 Å². The van der Waals surface area contributed by atoms with Crippen molar-refractivity contribution in [2.24, 2.45) is 0 Å². The van der Waals surface area contributed by atoms with E-state index in [2.05, 4.69) is 23.5 Å². The lowest BCUT2D eigenvalue weighted by molar-refractivity contribution is -0.131. The topological polar surface area (TPSA) is 66.0 Å². The van der Waals surface area contributed by atoms with Crippen molar-refractivity contribution in [3.63, 3.8) is 0 Å². The molecule has 66 valence electrons. The third-order valence-electron chi connectivity index (χ3n) is 1.06. The molecule has 0 saturated heterocycles. The average Bonchev–Trinajstić information content (AvgIpc) is 2.57. The molecule has 1 rings (SSSR count). The Morgan fingerprint density at radius 3 is 2.67 bits per heavy atom. The molecule has 12 heavy (non-hydrogen) atoms. The van der Waals surface area contributed by atoms with Crippen molar-refractivity contribution in [2.75, 3.05) is 0 Å². The summed E-state index contributed by atoms with van der Waals surface area (Å²) in [5, 5.41) is 7.60. The lowest BCUT2D eigenvalue weighted by Gasteiger charge is -1.79. The minimum absolute atomic E-state index is 0.833. The minimum Gasteiger partial charge on any atom is -0.478 e. The van der Waals surface area contributed by atoms with Crippen LogP contribution in [0.3, 0.4) is 0 Å². The van der Waals surface area contributed by atoms with Gasteiger partial charge >= 0.3 is 5.97 Å². The molecule has 1 aromatic rings. The molecule has 0 saturated carbocycles. The fraction of sp³-hybridized carbons (Fsp3) is 0.250. The number of aromatic nitrogens is 2. The van der Waals surface area contributed by atoms with Gasteiger partial charge in [0.05, 0.1) is 0 Å². The zero-order valence-corrected chi connectivity index (χ0v) is 6.95. The predicted molar refractivity (Wildman–Crippen MR) is 45.8 cm³/mol. The van der Waals surface area contributed by atoms with Crippen LogP contribution in [-0.2, 0) is 11.2 Å². The number of aromatic amines is 1. The Balaban J connectivity index is 0.000000217. The molecule has 1 aromatic heterocycles. The van der Waals surface area contributed by atoms with Crippen molar-refractivity contribution in [2.45, 2.75) is 13.3 Å². The number of aliphatic carboxylic acids is 1. The van der Waals surface area contributed by atoms with Crippen molar-refractivity contribution in [3.05, 3.63) is 30.9 Å². The second kappa shape index (κ2) is 6.15. The first-order valence-corrected chi connectivity index (χ1v) is 3.54. The highest BCUT2D eigenvalue weighted by molar-refractivity contribution is 5.78. The number of rotatable bonds is 2. The summed E-state index contributed by atoms with van der Waals surface area (Å²) >= 11 is 0. The number of hydrogen-bond donors (Lipinski definition) is 2. The van der Waals surface area contributed by atoms with Gasteiger partial charge in [0.2, 0.25) is 0 Å². The summed E-state index contributed by atoms with van der Waals surface area (Å²) < 4.78 is 0. The third kappa shape index (κ3) is 5.22. The van der Waals surface area contributed by atoms with E-state index in [0.29, 0.717) is 0 Å². The van der Waals surface area contributed by atoms with E-state index in [1.54, 1.807) is 6.20 Å². The van der Waals surface area contributed by atoms with Crippen LogP contribution in [0.25, 0.3) is 0 Å². The van der Waals surface area contributed by atoms with Crippen molar-refractivity contribution in [3.8, 4) is 0 Å². The average molecular weight is 168 g/mol. The first-order valence-electron chi connectivity index (χ1n) is 3.54. The molecule has 0 aliphatic heterocycles. The third-order valence-corrected chi connectivity index (χ3v) is 1.06. The quantitative estimate of drug-likeness (QED) is 0.652. The molecule has 0 fully saturated rings. The molecule has 0 spiro atoms. The zero-order valence-electron chi connectivity index (χ0n) is 6.95. The van der Waals surface area contributed by atoms with Crippen LogP contribution in [0.15, 0.2) is 25.0 Å². The van der Waals surface area contributed by atoms with Crippen molar-refractivity contribution < 1.29 is 9.90 Å². The standard InChI is InChI=1S/C5H8N2.C3H4O2/c1-2-5-6-3-4-7-5;1-2-3(4)5/h3-4H,2H2,1H3,(H,6,7);2H,1H2,(H,4,5). The smallest absolute Gasteiger partial charge is 0.327 e. The molecule has 0 radical (unpaired) electrons. The number of aryl methyl sites for hydroxylation is 1. The van der Waals surface area contributed by atoms with E-state index >= 15 is 0 Å². The Morgan fingerprint density at radius 1 is 1.92 bits per heavy atom.